The second-order valence-electron chi connectivity index (χ2n) is 4.49. The number of benzene rings is 2. The van der Waals surface area contributed by atoms with Crippen molar-refractivity contribution < 1.29 is 18.7 Å². The van der Waals surface area contributed by atoms with Gasteiger partial charge in [-0.2, -0.15) is 0 Å². The molecule has 0 heterocycles. The number of nitrogens with one attached hydrogen (secondary N) is 2. The minimum atomic E-state index is -0.677. The Balaban J connectivity index is 1.86. The summed E-state index contributed by atoms with van der Waals surface area (Å²) in [6, 6.07) is 8.49. The second kappa shape index (κ2) is 8.32. The fraction of sp³-hybridized carbons (Fsp3) is 0.0667. The summed E-state index contributed by atoms with van der Waals surface area (Å²) in [6.07, 6.45) is 0. The van der Waals surface area contributed by atoms with Crippen LogP contribution in [-0.4, -0.2) is 18.4 Å². The average Bonchev–Trinajstić information content (AvgIpc) is 2.54. The molecule has 2 aromatic rings. The summed E-state index contributed by atoms with van der Waals surface area (Å²) in [7, 11) is 0. The van der Waals surface area contributed by atoms with Crippen LogP contribution in [0, 0.1) is 5.82 Å². The monoisotopic (exact) mass is 434 g/mol. The molecule has 0 aliphatic rings. The largest absolute Gasteiger partial charge is 0.481 e. The standard InChI is InChI=1S/C15H10BrCl2FN2O3/c16-8-1-4-13(12(19)5-8)24-7-14(22)20-21-15(23)10-6-9(17)2-3-11(10)18/h1-6H,7H2,(H,20,22)(H,21,23). The third kappa shape index (κ3) is 5.09. The van der Waals surface area contributed by atoms with Gasteiger partial charge in [0.15, 0.2) is 18.2 Å². The van der Waals surface area contributed by atoms with Gasteiger partial charge in [0, 0.05) is 9.50 Å². The Hall–Kier alpha value is -1.83. The SMILES string of the molecule is O=C(COc1ccc(Br)cc1F)NNC(=O)c1cc(Cl)ccc1Cl. The van der Waals surface area contributed by atoms with E-state index in [1.807, 2.05) is 0 Å². The predicted octanol–water partition coefficient (Wildman–Crippen LogP) is 3.74. The maximum Gasteiger partial charge on any atom is 0.276 e. The molecule has 9 heteroatoms. The minimum Gasteiger partial charge on any atom is -0.481 e. The zero-order chi connectivity index (χ0) is 17.7. The first-order valence-corrected chi connectivity index (χ1v) is 8.04. The highest BCUT2D eigenvalue weighted by atomic mass is 79.9. The van der Waals surface area contributed by atoms with Crippen LogP contribution < -0.4 is 15.6 Å². The third-order valence-electron chi connectivity index (χ3n) is 2.74. The van der Waals surface area contributed by atoms with Crippen molar-refractivity contribution in [1.29, 1.82) is 0 Å². The van der Waals surface area contributed by atoms with Crippen LogP contribution in [0.4, 0.5) is 4.39 Å². The summed E-state index contributed by atoms with van der Waals surface area (Å²) in [4.78, 5) is 23.6. The molecule has 2 N–H and O–H groups in total. The maximum absolute atomic E-state index is 13.5. The van der Waals surface area contributed by atoms with Gasteiger partial charge in [-0.15, -0.1) is 0 Å². The number of hydrazine groups is 1. The van der Waals surface area contributed by atoms with Gasteiger partial charge in [0.25, 0.3) is 11.8 Å². The smallest absolute Gasteiger partial charge is 0.276 e. The van der Waals surface area contributed by atoms with Crippen LogP contribution in [0.3, 0.4) is 0 Å². The third-order valence-corrected chi connectivity index (χ3v) is 3.80. The summed E-state index contributed by atoms with van der Waals surface area (Å²) >= 11 is 14.8. The Bertz CT molecular complexity index is 789. The Morgan fingerprint density at radius 1 is 1.12 bits per heavy atom. The van der Waals surface area contributed by atoms with E-state index in [2.05, 4.69) is 26.8 Å². The molecule has 5 nitrogen and oxygen atoms in total. The molecule has 2 rings (SSSR count). The first kappa shape index (κ1) is 18.5. The van der Waals surface area contributed by atoms with Crippen LogP contribution >= 0.6 is 39.1 Å². The molecule has 0 radical (unpaired) electrons. The van der Waals surface area contributed by atoms with Gasteiger partial charge in [0.2, 0.25) is 0 Å². The summed E-state index contributed by atoms with van der Waals surface area (Å²) in [5, 5.41) is 0.504. The van der Waals surface area contributed by atoms with Crippen molar-refractivity contribution in [2.75, 3.05) is 6.61 Å². The molecule has 0 aliphatic carbocycles. The summed E-state index contributed by atoms with van der Waals surface area (Å²) in [5.74, 6) is -2.03. The predicted molar refractivity (Wildman–Crippen MR) is 91.7 cm³/mol. The molecule has 0 spiro atoms. The lowest BCUT2D eigenvalue weighted by molar-refractivity contribution is -0.123. The topological polar surface area (TPSA) is 67.4 Å². The van der Waals surface area contributed by atoms with Gasteiger partial charge >= 0.3 is 0 Å². The van der Waals surface area contributed by atoms with E-state index in [1.54, 1.807) is 6.07 Å². The molecule has 0 unspecified atom stereocenters. The number of carbonyl (C=O) groups excluding carboxylic acids is 2. The first-order chi connectivity index (χ1) is 11.4. The summed E-state index contributed by atoms with van der Waals surface area (Å²) < 4.78 is 19.1. The highest BCUT2D eigenvalue weighted by molar-refractivity contribution is 9.10. The van der Waals surface area contributed by atoms with Gasteiger partial charge in [-0.25, -0.2) is 4.39 Å². The molecule has 24 heavy (non-hydrogen) atoms. The number of amides is 2. The number of carbonyl (C=O) groups is 2. The normalized spacial score (nSPS) is 10.2. The highest BCUT2D eigenvalue weighted by Crippen LogP contribution is 2.21. The summed E-state index contributed by atoms with van der Waals surface area (Å²) in [5.41, 5.74) is 4.40. The van der Waals surface area contributed by atoms with Gasteiger partial charge < -0.3 is 4.74 Å². The van der Waals surface area contributed by atoms with Crippen molar-refractivity contribution in [3.63, 3.8) is 0 Å². The van der Waals surface area contributed by atoms with E-state index < -0.39 is 24.2 Å². The fourth-order valence-electron chi connectivity index (χ4n) is 1.64. The van der Waals surface area contributed by atoms with E-state index in [4.69, 9.17) is 27.9 Å². The number of hydrogen-bond donors (Lipinski definition) is 2. The molecule has 2 aromatic carbocycles. The molecule has 0 bridgehead atoms. The van der Waals surface area contributed by atoms with E-state index in [1.165, 1.54) is 30.3 Å². The van der Waals surface area contributed by atoms with Crippen molar-refractivity contribution in [2.45, 2.75) is 0 Å². The zero-order valence-corrected chi connectivity index (χ0v) is 15.0. The van der Waals surface area contributed by atoms with E-state index in [0.29, 0.717) is 9.50 Å². The lowest BCUT2D eigenvalue weighted by atomic mass is 10.2. The molecule has 0 aliphatic heterocycles. The van der Waals surface area contributed by atoms with Crippen molar-refractivity contribution in [3.05, 3.63) is 62.3 Å². The first-order valence-electron chi connectivity index (χ1n) is 6.49. The Morgan fingerprint density at radius 2 is 1.88 bits per heavy atom. The van der Waals surface area contributed by atoms with Gasteiger partial charge in [-0.05, 0) is 36.4 Å². The van der Waals surface area contributed by atoms with Crippen LogP contribution in [0.15, 0.2) is 40.9 Å². The fourth-order valence-corrected chi connectivity index (χ4v) is 2.35. The quantitative estimate of drug-likeness (QED) is 0.719. The van der Waals surface area contributed by atoms with Gasteiger partial charge in [0.1, 0.15) is 0 Å². The molecule has 0 atom stereocenters. The zero-order valence-electron chi connectivity index (χ0n) is 11.9. The second-order valence-corrected chi connectivity index (χ2v) is 6.25. The van der Waals surface area contributed by atoms with Crippen LogP contribution in [0.25, 0.3) is 0 Å². The lowest BCUT2D eigenvalue weighted by Gasteiger charge is -2.10. The molecular weight excluding hydrogens is 426 g/mol. The van der Waals surface area contributed by atoms with Crippen molar-refractivity contribution in [3.8, 4) is 5.75 Å². The molecule has 0 fully saturated rings. The van der Waals surface area contributed by atoms with Crippen molar-refractivity contribution in [1.82, 2.24) is 10.9 Å². The van der Waals surface area contributed by atoms with E-state index in [0.717, 1.165) is 0 Å². The van der Waals surface area contributed by atoms with Crippen LogP contribution in [-0.2, 0) is 4.79 Å². The van der Waals surface area contributed by atoms with E-state index in [-0.39, 0.29) is 16.3 Å². The van der Waals surface area contributed by atoms with Crippen molar-refractivity contribution >= 4 is 50.9 Å². The molecule has 126 valence electrons. The van der Waals surface area contributed by atoms with Gasteiger partial charge in [-0.3, -0.25) is 20.4 Å². The van der Waals surface area contributed by atoms with Crippen LogP contribution in [0.5, 0.6) is 5.75 Å². The molecule has 2 amide bonds. The highest BCUT2D eigenvalue weighted by Gasteiger charge is 2.13. The van der Waals surface area contributed by atoms with Gasteiger partial charge in [0.05, 0.1) is 10.6 Å². The molecule has 0 aromatic heterocycles. The van der Waals surface area contributed by atoms with E-state index in [9.17, 15) is 14.0 Å². The van der Waals surface area contributed by atoms with E-state index >= 15 is 0 Å². The average molecular weight is 436 g/mol. The summed E-state index contributed by atoms with van der Waals surface area (Å²) in [6.45, 7) is -0.484. The lowest BCUT2D eigenvalue weighted by Crippen LogP contribution is -2.44. The Labute approximate surface area is 155 Å². The Morgan fingerprint density at radius 3 is 2.58 bits per heavy atom. The maximum atomic E-state index is 13.5. The Kier molecular flexibility index (Phi) is 6.42. The number of halogens is 4. The molecular formula is C15H10BrCl2FN2O3. The van der Waals surface area contributed by atoms with Gasteiger partial charge in [-0.1, -0.05) is 39.1 Å². The molecule has 0 saturated carbocycles. The molecule has 0 saturated heterocycles. The number of hydrogen-bond acceptors (Lipinski definition) is 3. The van der Waals surface area contributed by atoms with Crippen LogP contribution in [0.2, 0.25) is 10.0 Å². The number of rotatable bonds is 4. The number of ether oxygens (including phenoxy) is 1. The minimum absolute atomic E-state index is 0.0856. The van der Waals surface area contributed by atoms with Crippen molar-refractivity contribution in [2.24, 2.45) is 0 Å². The van der Waals surface area contributed by atoms with Crippen LogP contribution in [0.1, 0.15) is 10.4 Å².